The Balaban J connectivity index is 1.80. The van der Waals surface area contributed by atoms with Crippen LogP contribution in [0.25, 0.3) is 0 Å². The first kappa shape index (κ1) is 15.7. The van der Waals surface area contributed by atoms with Gasteiger partial charge in [-0.25, -0.2) is 0 Å². The molecule has 0 aromatic heterocycles. The molecule has 2 N–H and O–H groups in total. The largest absolute Gasteiger partial charge is 0.491 e. The third kappa shape index (κ3) is 4.66. The summed E-state index contributed by atoms with van der Waals surface area (Å²) >= 11 is 6.06. The molecule has 0 spiro atoms. The Kier molecular flexibility index (Phi) is 5.48. The molecule has 0 aliphatic carbocycles. The van der Waals surface area contributed by atoms with Gasteiger partial charge in [-0.3, -0.25) is 0 Å². The fraction of sp³-hybridized carbons (Fsp3) is 0.294. The van der Waals surface area contributed by atoms with E-state index in [0.717, 1.165) is 17.0 Å². The number of nitrogens with one attached hydrogen (secondary N) is 1. The molecule has 0 fully saturated rings. The molecule has 112 valence electrons. The molecule has 2 aromatic rings. The van der Waals surface area contributed by atoms with Gasteiger partial charge < -0.3 is 15.2 Å². The second-order valence-corrected chi connectivity index (χ2v) is 5.48. The van der Waals surface area contributed by atoms with Gasteiger partial charge in [0.25, 0.3) is 0 Å². The van der Waals surface area contributed by atoms with Gasteiger partial charge in [0, 0.05) is 17.3 Å². The molecule has 1 atom stereocenters. The number of ether oxygens (including phenoxy) is 1. The fourth-order valence-electron chi connectivity index (χ4n) is 1.91. The highest BCUT2D eigenvalue weighted by Crippen LogP contribution is 2.22. The zero-order chi connectivity index (χ0) is 15.2. The average molecular weight is 306 g/mol. The van der Waals surface area contributed by atoms with Crippen molar-refractivity contribution in [3.8, 4) is 5.75 Å². The van der Waals surface area contributed by atoms with Crippen LogP contribution >= 0.6 is 11.6 Å². The lowest BCUT2D eigenvalue weighted by atomic mass is 10.2. The van der Waals surface area contributed by atoms with E-state index in [9.17, 15) is 5.11 Å². The van der Waals surface area contributed by atoms with Gasteiger partial charge in [-0.15, -0.1) is 0 Å². The summed E-state index contributed by atoms with van der Waals surface area (Å²) < 4.78 is 5.55. The van der Waals surface area contributed by atoms with E-state index < -0.39 is 6.10 Å². The summed E-state index contributed by atoms with van der Waals surface area (Å²) in [5, 5.41) is 13.9. The molecule has 2 aromatic carbocycles. The molecule has 0 bridgehead atoms. The van der Waals surface area contributed by atoms with Crippen LogP contribution < -0.4 is 10.1 Å². The van der Waals surface area contributed by atoms with E-state index in [2.05, 4.69) is 5.32 Å². The molecule has 21 heavy (non-hydrogen) atoms. The lowest BCUT2D eigenvalue weighted by Crippen LogP contribution is -2.26. The van der Waals surface area contributed by atoms with Crippen molar-refractivity contribution in [3.05, 3.63) is 58.6 Å². The maximum Gasteiger partial charge on any atom is 0.119 e. The van der Waals surface area contributed by atoms with E-state index in [-0.39, 0.29) is 6.61 Å². The summed E-state index contributed by atoms with van der Waals surface area (Å²) in [4.78, 5) is 0. The minimum atomic E-state index is -0.593. The van der Waals surface area contributed by atoms with E-state index in [4.69, 9.17) is 16.3 Å². The fourth-order valence-corrected chi connectivity index (χ4v) is 2.09. The van der Waals surface area contributed by atoms with Crippen molar-refractivity contribution in [1.82, 2.24) is 0 Å². The van der Waals surface area contributed by atoms with Gasteiger partial charge in [-0.05, 0) is 43.7 Å². The Morgan fingerprint density at radius 3 is 2.57 bits per heavy atom. The topological polar surface area (TPSA) is 41.5 Å². The van der Waals surface area contributed by atoms with Crippen molar-refractivity contribution >= 4 is 17.3 Å². The Morgan fingerprint density at radius 2 is 1.86 bits per heavy atom. The number of benzene rings is 2. The first-order valence-electron chi connectivity index (χ1n) is 6.93. The van der Waals surface area contributed by atoms with E-state index in [0.29, 0.717) is 11.6 Å². The smallest absolute Gasteiger partial charge is 0.119 e. The number of aliphatic hydroxyl groups is 1. The average Bonchev–Trinajstić information content (AvgIpc) is 2.48. The van der Waals surface area contributed by atoms with Gasteiger partial charge in [-0.2, -0.15) is 0 Å². The molecular weight excluding hydrogens is 286 g/mol. The highest BCUT2D eigenvalue weighted by Gasteiger charge is 2.07. The van der Waals surface area contributed by atoms with Crippen LogP contribution in [-0.4, -0.2) is 24.4 Å². The van der Waals surface area contributed by atoms with E-state index in [1.165, 1.54) is 5.56 Å². The predicted molar refractivity (Wildman–Crippen MR) is 87.4 cm³/mol. The third-order valence-electron chi connectivity index (χ3n) is 3.26. The van der Waals surface area contributed by atoms with Gasteiger partial charge >= 0.3 is 0 Å². The van der Waals surface area contributed by atoms with E-state index in [1.54, 1.807) is 0 Å². The summed E-state index contributed by atoms with van der Waals surface area (Å²) in [7, 11) is 0. The Morgan fingerprint density at radius 1 is 1.14 bits per heavy atom. The highest BCUT2D eigenvalue weighted by atomic mass is 35.5. The molecule has 0 aliphatic heterocycles. The summed E-state index contributed by atoms with van der Waals surface area (Å²) in [6.07, 6.45) is -0.593. The lowest BCUT2D eigenvalue weighted by Gasteiger charge is -2.15. The molecule has 2 rings (SSSR count). The van der Waals surface area contributed by atoms with Gasteiger partial charge in [-0.1, -0.05) is 35.4 Å². The number of halogens is 1. The molecule has 0 saturated heterocycles. The first-order chi connectivity index (χ1) is 10.1. The second kappa shape index (κ2) is 7.34. The van der Waals surface area contributed by atoms with Crippen LogP contribution in [0.2, 0.25) is 5.02 Å². The Bertz CT molecular complexity index is 584. The van der Waals surface area contributed by atoms with Crippen molar-refractivity contribution in [2.24, 2.45) is 0 Å². The van der Waals surface area contributed by atoms with Gasteiger partial charge in [0.05, 0.1) is 0 Å². The minimum Gasteiger partial charge on any atom is -0.491 e. The van der Waals surface area contributed by atoms with Crippen LogP contribution in [0.1, 0.15) is 11.1 Å². The first-order valence-corrected chi connectivity index (χ1v) is 7.30. The van der Waals surface area contributed by atoms with Crippen molar-refractivity contribution in [1.29, 1.82) is 0 Å². The Hall–Kier alpha value is -1.71. The normalized spacial score (nSPS) is 12.0. The number of hydrogen-bond donors (Lipinski definition) is 2. The van der Waals surface area contributed by atoms with Crippen LogP contribution in [0, 0.1) is 13.8 Å². The SMILES string of the molecule is Cc1ccc(OCC(O)CNc2cccc(Cl)c2C)cc1. The maximum absolute atomic E-state index is 9.97. The molecule has 0 radical (unpaired) electrons. The molecule has 0 aliphatic rings. The molecule has 4 heteroatoms. The van der Waals surface area contributed by atoms with Crippen LogP contribution in [-0.2, 0) is 0 Å². The predicted octanol–water partition coefficient (Wildman–Crippen LogP) is 3.81. The van der Waals surface area contributed by atoms with Crippen molar-refractivity contribution in [2.75, 3.05) is 18.5 Å². The lowest BCUT2D eigenvalue weighted by molar-refractivity contribution is 0.117. The quantitative estimate of drug-likeness (QED) is 0.853. The molecule has 0 saturated carbocycles. The molecular formula is C17H20ClNO2. The third-order valence-corrected chi connectivity index (χ3v) is 3.67. The summed E-state index contributed by atoms with van der Waals surface area (Å²) in [6.45, 7) is 4.62. The standard InChI is InChI=1S/C17H20ClNO2/c1-12-6-8-15(9-7-12)21-11-14(20)10-19-17-5-3-4-16(18)13(17)2/h3-9,14,19-20H,10-11H2,1-2H3. The maximum atomic E-state index is 9.97. The van der Waals surface area contributed by atoms with Crippen LogP contribution in [0.15, 0.2) is 42.5 Å². The number of anilines is 1. The van der Waals surface area contributed by atoms with Crippen molar-refractivity contribution < 1.29 is 9.84 Å². The molecule has 3 nitrogen and oxygen atoms in total. The summed E-state index contributed by atoms with van der Waals surface area (Å²) in [5.74, 6) is 0.763. The van der Waals surface area contributed by atoms with Crippen molar-refractivity contribution in [2.45, 2.75) is 20.0 Å². The number of rotatable bonds is 6. The Labute approximate surface area is 130 Å². The van der Waals surface area contributed by atoms with E-state index in [1.807, 2.05) is 56.3 Å². The zero-order valence-electron chi connectivity index (χ0n) is 12.3. The number of hydrogen-bond acceptors (Lipinski definition) is 3. The van der Waals surface area contributed by atoms with Gasteiger partial charge in [0.15, 0.2) is 0 Å². The molecule has 0 heterocycles. The number of aliphatic hydroxyl groups excluding tert-OH is 1. The second-order valence-electron chi connectivity index (χ2n) is 5.07. The van der Waals surface area contributed by atoms with Crippen LogP contribution in [0.4, 0.5) is 5.69 Å². The van der Waals surface area contributed by atoms with Gasteiger partial charge in [0.1, 0.15) is 18.5 Å². The summed E-state index contributed by atoms with van der Waals surface area (Å²) in [6, 6.07) is 13.4. The highest BCUT2D eigenvalue weighted by molar-refractivity contribution is 6.31. The van der Waals surface area contributed by atoms with Crippen LogP contribution in [0.5, 0.6) is 5.75 Å². The molecule has 1 unspecified atom stereocenters. The molecule has 0 amide bonds. The summed E-state index contributed by atoms with van der Waals surface area (Å²) in [5.41, 5.74) is 3.09. The minimum absolute atomic E-state index is 0.246. The zero-order valence-corrected chi connectivity index (χ0v) is 13.0. The monoisotopic (exact) mass is 305 g/mol. The van der Waals surface area contributed by atoms with Gasteiger partial charge in [0.2, 0.25) is 0 Å². The number of aryl methyl sites for hydroxylation is 1. The van der Waals surface area contributed by atoms with E-state index >= 15 is 0 Å². The van der Waals surface area contributed by atoms with Crippen molar-refractivity contribution in [3.63, 3.8) is 0 Å². The van der Waals surface area contributed by atoms with Crippen LogP contribution in [0.3, 0.4) is 0 Å².